The van der Waals surface area contributed by atoms with Crippen LogP contribution in [0.2, 0.25) is 0 Å². The predicted octanol–water partition coefficient (Wildman–Crippen LogP) is 1.41. The van der Waals surface area contributed by atoms with Crippen LogP contribution in [0.25, 0.3) is 0 Å². The SMILES string of the molecule is Cc1cc(=O)cc(C)n1CC(=O)N(C)Cc1csc(CN2CCOCC2)n1. The first kappa shape index (κ1) is 19.7. The van der Waals surface area contributed by atoms with Gasteiger partial charge in [0.15, 0.2) is 5.43 Å². The van der Waals surface area contributed by atoms with Gasteiger partial charge in [0, 0.05) is 49.0 Å². The van der Waals surface area contributed by atoms with Crippen molar-refractivity contribution < 1.29 is 9.53 Å². The van der Waals surface area contributed by atoms with Crippen molar-refractivity contribution >= 4 is 17.2 Å². The van der Waals surface area contributed by atoms with Crippen LogP contribution < -0.4 is 5.43 Å². The topological polar surface area (TPSA) is 67.7 Å². The molecule has 0 atom stereocenters. The van der Waals surface area contributed by atoms with Gasteiger partial charge < -0.3 is 14.2 Å². The van der Waals surface area contributed by atoms with E-state index in [1.54, 1.807) is 35.4 Å². The Labute approximate surface area is 163 Å². The van der Waals surface area contributed by atoms with Crippen LogP contribution in [0.1, 0.15) is 22.1 Å². The van der Waals surface area contributed by atoms with Gasteiger partial charge in [-0.25, -0.2) is 4.98 Å². The Bertz CT molecular complexity index is 829. The van der Waals surface area contributed by atoms with Gasteiger partial charge >= 0.3 is 0 Å². The lowest BCUT2D eigenvalue weighted by Crippen LogP contribution is -2.35. The summed E-state index contributed by atoms with van der Waals surface area (Å²) in [6.45, 7) is 8.66. The molecule has 1 aliphatic rings. The van der Waals surface area contributed by atoms with Crippen molar-refractivity contribution in [3.8, 4) is 0 Å². The standard InChI is InChI=1S/C19H26N4O3S/c1-14-8-17(24)9-15(2)23(14)12-19(25)21(3)10-16-13-27-18(20-16)11-22-4-6-26-7-5-22/h8-9,13H,4-7,10-12H2,1-3H3. The quantitative estimate of drug-likeness (QED) is 0.746. The highest BCUT2D eigenvalue weighted by Gasteiger charge is 2.16. The van der Waals surface area contributed by atoms with Crippen LogP contribution in [-0.2, 0) is 29.2 Å². The van der Waals surface area contributed by atoms with Crippen LogP contribution >= 0.6 is 11.3 Å². The van der Waals surface area contributed by atoms with Gasteiger partial charge in [0.05, 0.1) is 32.0 Å². The summed E-state index contributed by atoms with van der Waals surface area (Å²) in [5.41, 5.74) is 2.47. The first-order valence-electron chi connectivity index (χ1n) is 9.08. The summed E-state index contributed by atoms with van der Waals surface area (Å²) < 4.78 is 7.24. The highest BCUT2D eigenvalue weighted by molar-refractivity contribution is 7.09. The Balaban J connectivity index is 1.58. The number of carbonyl (C=O) groups is 1. The van der Waals surface area contributed by atoms with Crippen LogP contribution in [-0.4, -0.2) is 58.6 Å². The normalized spacial score (nSPS) is 15.1. The zero-order valence-electron chi connectivity index (χ0n) is 16.1. The first-order chi connectivity index (χ1) is 12.9. The maximum absolute atomic E-state index is 12.6. The third kappa shape index (κ3) is 5.24. The second kappa shape index (κ2) is 8.77. The van der Waals surface area contributed by atoms with E-state index in [1.165, 1.54) is 0 Å². The lowest BCUT2D eigenvalue weighted by molar-refractivity contribution is -0.131. The number of carbonyl (C=O) groups excluding carboxylic acids is 1. The van der Waals surface area contributed by atoms with E-state index in [-0.39, 0.29) is 17.9 Å². The molecule has 0 N–H and O–H groups in total. The minimum atomic E-state index is -0.0303. The number of aromatic nitrogens is 2. The lowest BCUT2D eigenvalue weighted by atomic mass is 10.3. The molecule has 2 aromatic rings. The summed E-state index contributed by atoms with van der Waals surface area (Å²) in [7, 11) is 1.79. The molecule has 0 saturated carbocycles. The molecule has 0 aromatic carbocycles. The zero-order chi connectivity index (χ0) is 19.4. The highest BCUT2D eigenvalue weighted by Crippen LogP contribution is 2.15. The molecule has 1 fully saturated rings. The molecular formula is C19H26N4O3S. The van der Waals surface area contributed by atoms with Crippen molar-refractivity contribution in [2.75, 3.05) is 33.4 Å². The molecular weight excluding hydrogens is 364 g/mol. The van der Waals surface area contributed by atoms with E-state index < -0.39 is 0 Å². The fourth-order valence-electron chi connectivity index (χ4n) is 3.17. The molecule has 0 bridgehead atoms. The summed E-state index contributed by atoms with van der Waals surface area (Å²) in [5, 5.41) is 3.09. The summed E-state index contributed by atoms with van der Waals surface area (Å²) in [4.78, 5) is 32.8. The van der Waals surface area contributed by atoms with E-state index in [2.05, 4.69) is 9.88 Å². The van der Waals surface area contributed by atoms with Crippen LogP contribution in [0, 0.1) is 13.8 Å². The minimum Gasteiger partial charge on any atom is -0.379 e. The minimum absolute atomic E-state index is 0.00687. The number of nitrogens with zero attached hydrogens (tertiary/aromatic N) is 4. The number of amides is 1. The van der Waals surface area contributed by atoms with Crippen molar-refractivity contribution in [1.29, 1.82) is 0 Å². The van der Waals surface area contributed by atoms with Crippen molar-refractivity contribution in [3.05, 3.63) is 49.8 Å². The van der Waals surface area contributed by atoms with Crippen LogP contribution in [0.3, 0.4) is 0 Å². The molecule has 27 heavy (non-hydrogen) atoms. The molecule has 7 nitrogen and oxygen atoms in total. The highest BCUT2D eigenvalue weighted by atomic mass is 32.1. The lowest BCUT2D eigenvalue weighted by Gasteiger charge is -2.25. The molecule has 8 heteroatoms. The van der Waals surface area contributed by atoms with Crippen LogP contribution in [0.4, 0.5) is 0 Å². The van der Waals surface area contributed by atoms with Gasteiger partial charge in [-0.1, -0.05) is 0 Å². The second-order valence-corrected chi connectivity index (χ2v) is 7.87. The maximum atomic E-state index is 12.6. The number of thiazole rings is 1. The maximum Gasteiger partial charge on any atom is 0.242 e. The number of likely N-dealkylation sites (N-methyl/N-ethyl adjacent to an activating group) is 1. The molecule has 3 heterocycles. The monoisotopic (exact) mass is 390 g/mol. The fourth-order valence-corrected chi connectivity index (χ4v) is 4.00. The first-order valence-corrected chi connectivity index (χ1v) is 9.96. The summed E-state index contributed by atoms with van der Waals surface area (Å²) in [6, 6.07) is 3.11. The molecule has 0 radical (unpaired) electrons. The summed E-state index contributed by atoms with van der Waals surface area (Å²) in [5.74, 6) is -0.00687. The van der Waals surface area contributed by atoms with Crippen molar-refractivity contribution in [2.24, 2.45) is 0 Å². The Morgan fingerprint density at radius 1 is 1.26 bits per heavy atom. The largest absolute Gasteiger partial charge is 0.379 e. The smallest absolute Gasteiger partial charge is 0.242 e. The van der Waals surface area contributed by atoms with Gasteiger partial charge in [-0.2, -0.15) is 0 Å². The van der Waals surface area contributed by atoms with Gasteiger partial charge in [0.25, 0.3) is 0 Å². The summed E-state index contributed by atoms with van der Waals surface area (Å²) in [6.07, 6.45) is 0. The van der Waals surface area contributed by atoms with Crippen molar-refractivity contribution in [2.45, 2.75) is 33.5 Å². The average Bonchev–Trinajstić information content (AvgIpc) is 3.05. The molecule has 2 aromatic heterocycles. The fraction of sp³-hybridized carbons (Fsp3) is 0.526. The number of hydrogen-bond donors (Lipinski definition) is 0. The van der Waals surface area contributed by atoms with E-state index >= 15 is 0 Å². The Hall–Kier alpha value is -2.03. The van der Waals surface area contributed by atoms with E-state index in [0.717, 1.165) is 54.9 Å². The molecule has 1 aliphatic heterocycles. The van der Waals surface area contributed by atoms with Gasteiger partial charge in [0.1, 0.15) is 11.6 Å². The Morgan fingerprint density at radius 3 is 2.59 bits per heavy atom. The van der Waals surface area contributed by atoms with Gasteiger partial charge in [-0.05, 0) is 13.8 Å². The number of pyridine rings is 1. The average molecular weight is 391 g/mol. The molecule has 3 rings (SSSR count). The number of morpholine rings is 1. The van der Waals surface area contributed by atoms with E-state index in [0.29, 0.717) is 6.54 Å². The molecule has 0 aliphatic carbocycles. The van der Waals surface area contributed by atoms with Crippen molar-refractivity contribution in [3.63, 3.8) is 0 Å². The third-order valence-electron chi connectivity index (χ3n) is 4.73. The molecule has 0 spiro atoms. The Kier molecular flexibility index (Phi) is 6.41. The number of aryl methyl sites for hydroxylation is 2. The van der Waals surface area contributed by atoms with E-state index in [9.17, 15) is 9.59 Å². The molecule has 0 unspecified atom stereocenters. The van der Waals surface area contributed by atoms with Crippen molar-refractivity contribution in [1.82, 2.24) is 19.4 Å². The van der Waals surface area contributed by atoms with Gasteiger partial charge in [-0.15, -0.1) is 11.3 Å². The number of rotatable bonds is 6. The van der Waals surface area contributed by atoms with Gasteiger partial charge in [0.2, 0.25) is 5.91 Å². The molecule has 1 amide bonds. The second-order valence-electron chi connectivity index (χ2n) is 6.93. The predicted molar refractivity (Wildman–Crippen MR) is 105 cm³/mol. The van der Waals surface area contributed by atoms with Crippen LogP contribution in [0.5, 0.6) is 0 Å². The van der Waals surface area contributed by atoms with Crippen LogP contribution in [0.15, 0.2) is 22.3 Å². The van der Waals surface area contributed by atoms with E-state index in [1.807, 2.05) is 23.8 Å². The van der Waals surface area contributed by atoms with Gasteiger partial charge in [-0.3, -0.25) is 14.5 Å². The number of hydrogen-bond acceptors (Lipinski definition) is 6. The third-order valence-corrected chi connectivity index (χ3v) is 5.62. The zero-order valence-corrected chi connectivity index (χ0v) is 16.9. The van der Waals surface area contributed by atoms with E-state index in [4.69, 9.17) is 4.74 Å². The summed E-state index contributed by atoms with van der Waals surface area (Å²) >= 11 is 1.64. The molecule has 146 valence electrons. The number of ether oxygens (including phenoxy) is 1. The molecule has 1 saturated heterocycles. The Morgan fingerprint density at radius 2 is 1.93 bits per heavy atom.